The molecule has 4 heterocycles. The molecule has 236 valence electrons. The quantitative estimate of drug-likeness (QED) is 0.302. The fourth-order valence-electron chi connectivity index (χ4n) is 5.91. The van der Waals surface area contributed by atoms with Crippen molar-refractivity contribution in [1.82, 2.24) is 19.6 Å². The zero-order valence-corrected chi connectivity index (χ0v) is 26.3. The van der Waals surface area contributed by atoms with Gasteiger partial charge in [-0.15, -0.1) is 0 Å². The molecule has 1 amide bonds. The number of halogens is 2. The molecule has 5 atom stereocenters. The minimum absolute atomic E-state index is 0.0532. The van der Waals surface area contributed by atoms with Crippen molar-refractivity contribution in [2.75, 3.05) is 24.2 Å². The molecule has 4 N–H and O–H groups in total. The van der Waals surface area contributed by atoms with Gasteiger partial charge in [0.15, 0.2) is 0 Å². The van der Waals surface area contributed by atoms with Gasteiger partial charge in [-0.1, -0.05) is 29.8 Å². The fraction of sp³-hybridized carbons (Fsp3) is 0.452. The fourth-order valence-corrected chi connectivity index (χ4v) is 7.84. The molecule has 5 unspecified atom stereocenters. The van der Waals surface area contributed by atoms with Gasteiger partial charge in [0, 0.05) is 53.9 Å². The number of amides is 1. The summed E-state index contributed by atoms with van der Waals surface area (Å²) in [5.41, 5.74) is 8.48. The Kier molecular flexibility index (Phi) is 10.2. The molecule has 44 heavy (non-hydrogen) atoms. The van der Waals surface area contributed by atoms with Crippen molar-refractivity contribution < 1.29 is 22.3 Å². The average Bonchev–Trinajstić information content (AvgIpc) is 3.10. The molecular weight excluding hydrogens is 607 g/mol. The average molecular weight is 645 g/mol. The molecule has 2 bridgehead atoms. The number of sulfonamides is 1. The molecule has 1 aromatic carbocycles. The topological polar surface area (TPSA) is 140 Å². The number of hydrogen-bond donors (Lipinski definition) is 3. The Morgan fingerprint density at radius 1 is 1.18 bits per heavy atom. The maximum atomic E-state index is 15.2. The van der Waals surface area contributed by atoms with Crippen LogP contribution in [0.25, 0.3) is 0 Å². The van der Waals surface area contributed by atoms with Gasteiger partial charge < -0.3 is 21.1 Å². The highest BCUT2D eigenvalue weighted by Crippen LogP contribution is 2.31. The summed E-state index contributed by atoms with van der Waals surface area (Å²) in [6.45, 7) is 4.71. The van der Waals surface area contributed by atoms with Gasteiger partial charge in [0.1, 0.15) is 5.82 Å². The van der Waals surface area contributed by atoms with Crippen LogP contribution in [-0.2, 0) is 21.2 Å². The molecule has 2 saturated heterocycles. The van der Waals surface area contributed by atoms with Gasteiger partial charge in [0.05, 0.1) is 36.0 Å². The number of nitrogens with zero attached hydrogens (tertiary/aromatic N) is 3. The van der Waals surface area contributed by atoms with Gasteiger partial charge >= 0.3 is 0 Å². The summed E-state index contributed by atoms with van der Waals surface area (Å²) in [6, 6.07) is 9.29. The van der Waals surface area contributed by atoms with Crippen molar-refractivity contribution in [3.05, 3.63) is 82.5 Å². The Bertz CT molecular complexity index is 1560. The summed E-state index contributed by atoms with van der Waals surface area (Å²) >= 11 is 6.13. The Labute approximate surface area is 262 Å². The number of pyridine rings is 2. The zero-order chi connectivity index (χ0) is 31.4. The number of nitrogens with two attached hydrogens (primary N) is 1. The number of carbonyl (C=O) groups excluding carboxylic acids is 1. The van der Waals surface area contributed by atoms with Crippen LogP contribution in [0.3, 0.4) is 0 Å². The highest BCUT2D eigenvalue weighted by Gasteiger charge is 2.38. The summed E-state index contributed by atoms with van der Waals surface area (Å²) in [4.78, 5) is 22.0. The van der Waals surface area contributed by atoms with E-state index in [-0.39, 0.29) is 41.6 Å². The number of nitrogens with one attached hydrogen (secondary N) is 2. The Balaban J connectivity index is 1.36. The second-order valence-corrected chi connectivity index (χ2v) is 14.1. The third-order valence-corrected chi connectivity index (χ3v) is 10.3. The number of ether oxygens (including phenoxy) is 1. The van der Waals surface area contributed by atoms with Gasteiger partial charge in [-0.05, 0) is 62.8 Å². The van der Waals surface area contributed by atoms with Crippen LogP contribution in [0, 0.1) is 5.82 Å². The van der Waals surface area contributed by atoms with Crippen LogP contribution in [0.1, 0.15) is 55.7 Å². The van der Waals surface area contributed by atoms with E-state index in [0.717, 1.165) is 18.2 Å². The number of rotatable bonds is 10. The van der Waals surface area contributed by atoms with Crippen LogP contribution in [0.4, 0.5) is 10.1 Å². The number of carbonyl (C=O) groups is 1. The second kappa shape index (κ2) is 13.9. The summed E-state index contributed by atoms with van der Waals surface area (Å²) < 4.78 is 48.2. The van der Waals surface area contributed by atoms with Gasteiger partial charge in [-0.2, -0.15) is 4.31 Å². The number of anilines is 1. The lowest BCUT2D eigenvalue weighted by molar-refractivity contribution is -0.117. The summed E-state index contributed by atoms with van der Waals surface area (Å²) in [5.74, 6) is -1.17. The predicted octanol–water partition coefficient (Wildman–Crippen LogP) is 3.85. The standard InChI is InChI=1S/C31H38ClFN6O4S/c1-19(2)43-28-12-7-21(14-37-28)29(20-5-8-22(32)9-6-20)30(34)31(40)38-27-17-35-16-26(33)25(27)11-10-24-15-36-23-4-3-13-44(41,42)39(24)18-23/h5-9,12,14,16-17,19,23-24,29-30,36H,3-4,10-11,13,15,18,34H2,1-2H3,(H,38,40). The van der Waals surface area contributed by atoms with Crippen LogP contribution >= 0.6 is 11.6 Å². The van der Waals surface area contributed by atoms with Crippen LogP contribution < -0.4 is 21.1 Å². The Hall–Kier alpha value is -3.16. The van der Waals surface area contributed by atoms with Crippen LogP contribution in [0.15, 0.2) is 55.0 Å². The Morgan fingerprint density at radius 3 is 2.64 bits per heavy atom. The van der Waals surface area contributed by atoms with Crippen LogP contribution in [0.2, 0.25) is 5.02 Å². The molecule has 2 aliphatic heterocycles. The molecule has 0 aliphatic carbocycles. The first-order valence-corrected chi connectivity index (χ1v) is 16.8. The van der Waals surface area contributed by atoms with Crippen LogP contribution in [0.5, 0.6) is 5.88 Å². The zero-order valence-electron chi connectivity index (χ0n) is 24.7. The smallest absolute Gasteiger partial charge is 0.242 e. The van der Waals surface area contributed by atoms with E-state index in [1.54, 1.807) is 40.8 Å². The van der Waals surface area contributed by atoms with Crippen molar-refractivity contribution in [3.8, 4) is 5.88 Å². The second-order valence-electron chi connectivity index (χ2n) is 11.6. The lowest BCUT2D eigenvalue weighted by Gasteiger charge is -2.37. The van der Waals surface area contributed by atoms with E-state index >= 15 is 4.39 Å². The first kappa shape index (κ1) is 32.2. The minimum atomic E-state index is -3.39. The number of benzene rings is 1. The SMILES string of the molecule is CC(C)Oc1ccc(C(c2ccc(Cl)cc2)C(N)C(=O)Nc2cncc(F)c2CCC2CNC3CCCS(=O)(=O)N2C3)cn1. The number of aromatic nitrogens is 2. The molecule has 3 aromatic rings. The van der Waals surface area contributed by atoms with Gasteiger partial charge in [-0.3, -0.25) is 9.78 Å². The maximum absolute atomic E-state index is 15.2. The largest absolute Gasteiger partial charge is 0.475 e. The molecule has 2 aromatic heterocycles. The third kappa shape index (κ3) is 7.55. The highest BCUT2D eigenvalue weighted by atomic mass is 35.5. The summed E-state index contributed by atoms with van der Waals surface area (Å²) in [6.07, 6.45) is 6.04. The van der Waals surface area contributed by atoms with E-state index in [2.05, 4.69) is 20.6 Å². The minimum Gasteiger partial charge on any atom is -0.475 e. The first-order chi connectivity index (χ1) is 21.0. The van der Waals surface area contributed by atoms with E-state index in [0.29, 0.717) is 42.4 Å². The molecule has 13 heteroatoms. The maximum Gasteiger partial charge on any atom is 0.242 e. The molecular formula is C31H38ClFN6O4S. The lowest BCUT2D eigenvalue weighted by Crippen LogP contribution is -2.57. The van der Waals surface area contributed by atoms with Crippen molar-refractivity contribution in [3.63, 3.8) is 0 Å². The van der Waals surface area contributed by atoms with Gasteiger partial charge in [0.25, 0.3) is 0 Å². The Morgan fingerprint density at radius 2 is 1.93 bits per heavy atom. The predicted molar refractivity (Wildman–Crippen MR) is 168 cm³/mol. The molecule has 2 aliphatic rings. The molecule has 10 nitrogen and oxygen atoms in total. The van der Waals surface area contributed by atoms with Crippen molar-refractivity contribution in [2.24, 2.45) is 5.73 Å². The summed E-state index contributed by atoms with van der Waals surface area (Å²) in [7, 11) is -3.39. The molecule has 2 fully saturated rings. The highest BCUT2D eigenvalue weighted by molar-refractivity contribution is 7.89. The van der Waals surface area contributed by atoms with E-state index in [1.807, 2.05) is 19.9 Å². The van der Waals surface area contributed by atoms with Gasteiger partial charge in [-0.25, -0.2) is 17.8 Å². The van der Waals surface area contributed by atoms with E-state index in [9.17, 15) is 13.2 Å². The molecule has 0 saturated carbocycles. The van der Waals surface area contributed by atoms with Crippen molar-refractivity contribution >= 4 is 33.2 Å². The van der Waals surface area contributed by atoms with Crippen molar-refractivity contribution in [1.29, 1.82) is 0 Å². The van der Waals surface area contributed by atoms with E-state index in [1.165, 1.54) is 6.20 Å². The summed E-state index contributed by atoms with van der Waals surface area (Å²) in [5, 5.41) is 6.76. The van der Waals surface area contributed by atoms with Gasteiger partial charge in [0.2, 0.25) is 21.8 Å². The number of piperazine rings is 1. The van der Waals surface area contributed by atoms with Crippen molar-refractivity contribution in [2.45, 2.75) is 69.7 Å². The molecule has 5 rings (SSSR count). The van der Waals surface area contributed by atoms with Crippen LogP contribution in [-0.4, -0.2) is 71.7 Å². The first-order valence-electron chi connectivity index (χ1n) is 14.8. The number of fused-ring (bicyclic) bond motifs is 2. The monoisotopic (exact) mass is 644 g/mol. The molecule has 0 spiro atoms. The number of hydrogen-bond acceptors (Lipinski definition) is 8. The van der Waals surface area contributed by atoms with E-state index < -0.39 is 33.7 Å². The van der Waals surface area contributed by atoms with E-state index in [4.69, 9.17) is 22.1 Å². The normalized spacial score (nSPS) is 22.5. The lowest BCUT2D eigenvalue weighted by atomic mass is 9.85. The molecule has 0 radical (unpaired) electrons. The third-order valence-electron chi connectivity index (χ3n) is 8.12.